The highest BCUT2D eigenvalue weighted by molar-refractivity contribution is 6.26. The standard InChI is InChI=1S/C58H69N6/c1-4-7-10-13-16-19-34-62-49-37-46(43-22-28-59-29-23-43)39-51-55(49)58-56-50(62)38-47(44-24-30-60-31-25-44)40-52(56)64(36-21-18-15-12-9-6-3)54-42-48(45-26-32-61-33-27-45)41-53(57(54)58)63(51)35-20-17-14-11-8-5-2/h22-33,37-42H,4-21,34-36H2,1-3H3/q+1. The molecule has 3 aromatic carbocycles. The Morgan fingerprint density at radius 1 is 0.359 bits per heavy atom. The third-order valence-electron chi connectivity index (χ3n) is 14.0. The summed E-state index contributed by atoms with van der Waals surface area (Å²) in [6.45, 7) is 9.88. The average Bonchev–Trinajstić information content (AvgIpc) is 3.34. The molecule has 6 heterocycles. The number of nitrogens with zero attached hydrogens (tertiary/aromatic N) is 6. The van der Waals surface area contributed by atoms with Crippen molar-refractivity contribution in [2.45, 2.75) is 156 Å². The molecule has 0 atom stereocenters. The van der Waals surface area contributed by atoms with Crippen LogP contribution in [0, 0.1) is 0 Å². The van der Waals surface area contributed by atoms with Crippen molar-refractivity contribution < 1.29 is 4.57 Å². The molecule has 6 heteroatoms. The van der Waals surface area contributed by atoms with Crippen LogP contribution in [0.15, 0.2) is 110 Å². The van der Waals surface area contributed by atoms with E-state index in [1.165, 1.54) is 185 Å². The van der Waals surface area contributed by atoms with Gasteiger partial charge in [0.25, 0.3) is 0 Å². The molecule has 9 rings (SSSR count). The molecule has 6 nitrogen and oxygen atoms in total. The largest absolute Gasteiger partial charge is 0.340 e. The first-order valence-electron chi connectivity index (χ1n) is 25.2. The van der Waals surface area contributed by atoms with Gasteiger partial charge in [0.1, 0.15) is 6.54 Å². The summed E-state index contributed by atoms with van der Waals surface area (Å²) in [4.78, 5) is 13.4. The van der Waals surface area contributed by atoms with E-state index < -0.39 is 0 Å². The van der Waals surface area contributed by atoms with Gasteiger partial charge in [0.05, 0.1) is 32.8 Å². The molecule has 0 unspecified atom stereocenters. The molecule has 0 fully saturated rings. The Morgan fingerprint density at radius 2 is 0.703 bits per heavy atom. The molecule has 330 valence electrons. The van der Waals surface area contributed by atoms with Crippen LogP contribution in [0.2, 0.25) is 0 Å². The van der Waals surface area contributed by atoms with Gasteiger partial charge in [-0.3, -0.25) is 15.0 Å². The van der Waals surface area contributed by atoms with Crippen LogP contribution in [-0.2, 0) is 19.6 Å². The number of hydrogen-bond donors (Lipinski definition) is 0. The lowest BCUT2D eigenvalue weighted by atomic mass is 9.85. The first-order valence-corrected chi connectivity index (χ1v) is 25.2. The minimum Gasteiger partial charge on any atom is -0.340 e. The van der Waals surface area contributed by atoms with E-state index in [1.54, 1.807) is 0 Å². The quantitative estimate of drug-likeness (QED) is 0.0263. The molecule has 0 N–H and O–H groups in total. The second-order valence-electron chi connectivity index (χ2n) is 18.5. The smallest absolute Gasteiger partial charge is 0.216 e. The Balaban J connectivity index is 1.39. The van der Waals surface area contributed by atoms with Gasteiger partial charge < -0.3 is 9.13 Å². The molecule has 64 heavy (non-hydrogen) atoms. The molecule has 2 aliphatic heterocycles. The van der Waals surface area contributed by atoms with Crippen molar-refractivity contribution in [1.82, 2.24) is 24.1 Å². The van der Waals surface area contributed by atoms with Crippen molar-refractivity contribution in [2.24, 2.45) is 0 Å². The van der Waals surface area contributed by atoms with Gasteiger partial charge in [0.15, 0.2) is 0 Å². The Kier molecular flexibility index (Phi) is 14.3. The number of unbranched alkanes of at least 4 members (excludes halogenated alkanes) is 15. The van der Waals surface area contributed by atoms with E-state index in [0.717, 1.165) is 38.9 Å². The van der Waals surface area contributed by atoms with Gasteiger partial charge in [0, 0.05) is 80.0 Å². The van der Waals surface area contributed by atoms with Crippen molar-refractivity contribution in [3.63, 3.8) is 0 Å². The summed E-state index contributed by atoms with van der Waals surface area (Å²) >= 11 is 0. The zero-order valence-corrected chi connectivity index (χ0v) is 38.9. The van der Waals surface area contributed by atoms with Gasteiger partial charge in [-0.2, -0.15) is 4.57 Å². The van der Waals surface area contributed by atoms with E-state index in [4.69, 9.17) is 0 Å². The van der Waals surface area contributed by atoms with E-state index in [1.807, 2.05) is 37.2 Å². The Hall–Kier alpha value is -5.62. The molecular formula is C58H69N6+. The highest BCUT2D eigenvalue weighted by Gasteiger charge is 2.33. The third kappa shape index (κ3) is 9.03. The minimum atomic E-state index is 0.980. The van der Waals surface area contributed by atoms with Crippen molar-refractivity contribution in [1.29, 1.82) is 0 Å². The van der Waals surface area contributed by atoms with Crippen molar-refractivity contribution in [3.8, 4) is 44.5 Å². The fourth-order valence-corrected chi connectivity index (χ4v) is 10.7. The highest BCUT2D eigenvalue weighted by atomic mass is 15.0. The second-order valence-corrected chi connectivity index (χ2v) is 18.5. The van der Waals surface area contributed by atoms with Crippen molar-refractivity contribution in [3.05, 3.63) is 110 Å². The summed E-state index contributed by atoms with van der Waals surface area (Å²) in [6.07, 6.45) is 34.4. The molecule has 0 saturated carbocycles. The maximum atomic E-state index is 4.46. The van der Waals surface area contributed by atoms with Gasteiger partial charge in [0.2, 0.25) is 11.0 Å². The van der Waals surface area contributed by atoms with Crippen molar-refractivity contribution >= 4 is 43.9 Å². The molecule has 0 spiro atoms. The van der Waals surface area contributed by atoms with Crippen molar-refractivity contribution in [2.75, 3.05) is 0 Å². The van der Waals surface area contributed by atoms with Crippen LogP contribution in [0.3, 0.4) is 0 Å². The molecule has 0 radical (unpaired) electrons. The zero-order valence-electron chi connectivity index (χ0n) is 38.9. The topological polar surface area (TPSA) is 52.4 Å². The van der Waals surface area contributed by atoms with Crippen LogP contribution < -0.4 is 4.57 Å². The van der Waals surface area contributed by atoms with Crippen LogP contribution in [0.5, 0.6) is 0 Å². The molecule has 0 aliphatic carbocycles. The lowest BCUT2D eigenvalue weighted by Gasteiger charge is -2.29. The molecule has 4 aromatic heterocycles. The third-order valence-corrected chi connectivity index (χ3v) is 14.0. The first-order chi connectivity index (χ1) is 31.7. The fourth-order valence-electron chi connectivity index (χ4n) is 10.7. The van der Waals surface area contributed by atoms with E-state index in [0.29, 0.717) is 0 Å². The zero-order chi connectivity index (χ0) is 43.7. The first kappa shape index (κ1) is 43.6. The van der Waals surface area contributed by atoms with E-state index in [-0.39, 0.29) is 0 Å². The van der Waals surface area contributed by atoms with Gasteiger partial charge >= 0.3 is 0 Å². The number of pyridine rings is 6. The molecule has 0 saturated heterocycles. The predicted octanol–water partition coefficient (Wildman–Crippen LogP) is 16.0. The average molecular weight is 850 g/mol. The number of hydrogen-bond acceptors (Lipinski definition) is 3. The molecule has 0 bridgehead atoms. The predicted molar refractivity (Wildman–Crippen MR) is 270 cm³/mol. The molecular weight excluding hydrogens is 781 g/mol. The summed E-state index contributed by atoms with van der Waals surface area (Å²) in [5.41, 5.74) is 18.2. The maximum Gasteiger partial charge on any atom is 0.216 e. The monoisotopic (exact) mass is 850 g/mol. The van der Waals surface area contributed by atoms with Gasteiger partial charge in [-0.1, -0.05) is 111 Å². The lowest BCUT2D eigenvalue weighted by Crippen LogP contribution is -2.37. The number of benzene rings is 3. The van der Waals surface area contributed by atoms with Crippen LogP contribution in [0.25, 0.3) is 88.4 Å². The number of aryl methyl sites for hydroxylation is 3. The van der Waals surface area contributed by atoms with Gasteiger partial charge in [-0.05, 0) is 113 Å². The highest BCUT2D eigenvalue weighted by Crippen LogP contribution is 2.50. The van der Waals surface area contributed by atoms with Crippen LogP contribution >= 0.6 is 0 Å². The van der Waals surface area contributed by atoms with Gasteiger partial charge in [-0.15, -0.1) is 0 Å². The van der Waals surface area contributed by atoms with E-state index in [9.17, 15) is 0 Å². The lowest BCUT2D eigenvalue weighted by molar-refractivity contribution is -0.645. The SMILES string of the molecule is CCCCCCCCn1c2cc(-c3ccncc3)cc3c2-c2c4c1cc(-c1ccncc1)cc4[n+](CCCCCCCC)c1cc(-c4ccncc4)cc(c21)n3CCCCCCCC. The van der Waals surface area contributed by atoms with Crippen LogP contribution in [0.1, 0.15) is 136 Å². The summed E-state index contributed by atoms with van der Waals surface area (Å²) < 4.78 is 8.22. The van der Waals surface area contributed by atoms with Gasteiger partial charge in [-0.25, -0.2) is 0 Å². The van der Waals surface area contributed by atoms with E-state index in [2.05, 4.69) is 122 Å². The van der Waals surface area contributed by atoms with Crippen LogP contribution in [0.4, 0.5) is 0 Å². The summed E-state index contributed by atoms with van der Waals surface area (Å²) in [7, 11) is 0. The number of aromatic nitrogens is 6. The second kappa shape index (κ2) is 20.9. The molecule has 2 aliphatic rings. The summed E-state index contributed by atoms with van der Waals surface area (Å²) in [5.74, 6) is 0. The normalized spacial score (nSPS) is 12.0. The van der Waals surface area contributed by atoms with E-state index >= 15 is 0 Å². The summed E-state index contributed by atoms with van der Waals surface area (Å²) in [6, 6.07) is 28.2. The Morgan fingerprint density at radius 3 is 1.11 bits per heavy atom. The van der Waals surface area contributed by atoms with Crippen LogP contribution in [-0.4, -0.2) is 24.1 Å². The minimum absolute atomic E-state index is 0.980. The molecule has 0 amide bonds. The maximum absolute atomic E-state index is 4.46. The fraction of sp³-hybridized carbons (Fsp3) is 0.414. The molecule has 7 aromatic rings. The Bertz CT molecular complexity index is 2670. The summed E-state index contributed by atoms with van der Waals surface area (Å²) in [5, 5.41) is 2.81. The number of rotatable bonds is 24. The Labute approximate surface area is 381 Å².